The average Bonchev–Trinajstić information content (AvgIpc) is 3.01. The van der Waals surface area contributed by atoms with Gasteiger partial charge in [-0.3, -0.25) is 0 Å². The summed E-state index contributed by atoms with van der Waals surface area (Å²) in [6.45, 7) is 2.56. The van der Waals surface area contributed by atoms with Crippen LogP contribution in [0.1, 0.15) is 19.2 Å². The summed E-state index contributed by atoms with van der Waals surface area (Å²) in [6.07, 6.45) is -4.29. The monoisotopic (exact) mass is 361 g/mol. The van der Waals surface area contributed by atoms with Crippen LogP contribution in [-0.4, -0.2) is 28.8 Å². The van der Waals surface area contributed by atoms with Gasteiger partial charge in [0, 0.05) is 17.6 Å². The molecule has 0 radical (unpaired) electrons. The number of alkyl halides is 3. The molecular weight excluding hydrogens is 347 g/mol. The van der Waals surface area contributed by atoms with Crippen LogP contribution in [-0.2, 0) is 12.0 Å². The van der Waals surface area contributed by atoms with E-state index in [1.54, 1.807) is 10.6 Å². The summed E-state index contributed by atoms with van der Waals surface area (Å²) in [5, 5.41) is 2.84. The van der Waals surface area contributed by atoms with Crippen LogP contribution in [0.15, 0.2) is 22.7 Å². The molecule has 0 aliphatic carbocycles. The van der Waals surface area contributed by atoms with Gasteiger partial charge < -0.3 is 9.88 Å². The Balaban J connectivity index is 2.27. The normalized spacial score (nSPS) is 23.1. The van der Waals surface area contributed by atoms with Crippen molar-refractivity contribution in [2.45, 2.75) is 31.5 Å². The number of hydrogen-bond donors (Lipinski definition) is 1. The molecule has 0 amide bonds. The van der Waals surface area contributed by atoms with Crippen LogP contribution < -0.4 is 5.32 Å². The molecule has 0 spiro atoms. The summed E-state index contributed by atoms with van der Waals surface area (Å²) in [5.74, 6) is 0.121. The van der Waals surface area contributed by atoms with Crippen molar-refractivity contribution in [2.24, 2.45) is 0 Å². The fourth-order valence-corrected chi connectivity index (χ4v) is 3.39. The first-order valence-corrected chi connectivity index (χ1v) is 7.62. The number of nitrogens with zero attached hydrogens (tertiary/aromatic N) is 2. The standard InChI is InChI=1S/C14H15BrF3N3/c1-2-21-11-4-3-9(15)7-10(11)20-12(21)13(14(16,17)18)5-6-19-8-13/h3-4,7,19H,2,5-6,8H2,1H3. The topological polar surface area (TPSA) is 29.9 Å². The van der Waals surface area contributed by atoms with Gasteiger partial charge in [0.2, 0.25) is 0 Å². The first kappa shape index (κ1) is 14.8. The lowest BCUT2D eigenvalue weighted by atomic mass is 9.85. The first-order valence-electron chi connectivity index (χ1n) is 6.83. The molecule has 1 atom stereocenters. The van der Waals surface area contributed by atoms with E-state index in [4.69, 9.17) is 0 Å². The highest BCUT2D eigenvalue weighted by molar-refractivity contribution is 9.10. The zero-order chi connectivity index (χ0) is 15.3. The van der Waals surface area contributed by atoms with E-state index < -0.39 is 11.6 Å². The minimum Gasteiger partial charge on any atom is -0.327 e. The maximum absolute atomic E-state index is 13.7. The van der Waals surface area contributed by atoms with Crippen molar-refractivity contribution in [1.82, 2.24) is 14.9 Å². The first-order chi connectivity index (χ1) is 9.89. The number of aromatic nitrogens is 2. The quantitative estimate of drug-likeness (QED) is 0.885. The predicted octanol–water partition coefficient (Wildman–Crippen LogP) is 3.61. The largest absolute Gasteiger partial charge is 0.402 e. The van der Waals surface area contributed by atoms with E-state index in [0.717, 1.165) is 9.99 Å². The van der Waals surface area contributed by atoms with E-state index in [1.807, 2.05) is 19.1 Å². The molecule has 21 heavy (non-hydrogen) atoms. The lowest BCUT2D eigenvalue weighted by molar-refractivity contribution is -0.187. The van der Waals surface area contributed by atoms with E-state index >= 15 is 0 Å². The number of benzene rings is 1. The van der Waals surface area contributed by atoms with Crippen LogP contribution in [0.2, 0.25) is 0 Å². The van der Waals surface area contributed by atoms with Gasteiger partial charge in [0.25, 0.3) is 0 Å². The lowest BCUT2D eigenvalue weighted by Crippen LogP contribution is -2.46. The fraction of sp³-hybridized carbons (Fsp3) is 0.500. The molecular formula is C14H15BrF3N3. The smallest absolute Gasteiger partial charge is 0.327 e. The van der Waals surface area contributed by atoms with Gasteiger partial charge in [0.1, 0.15) is 11.2 Å². The van der Waals surface area contributed by atoms with Crippen LogP contribution in [0.25, 0.3) is 11.0 Å². The molecule has 2 heterocycles. The number of hydrogen-bond acceptors (Lipinski definition) is 2. The maximum atomic E-state index is 13.7. The SMILES string of the molecule is CCn1c(C2(C(F)(F)F)CCNC2)nc2cc(Br)ccc21. The number of aryl methyl sites for hydroxylation is 1. The third-order valence-corrected chi connectivity index (χ3v) is 4.65. The van der Waals surface area contributed by atoms with Crippen molar-refractivity contribution in [3.05, 3.63) is 28.5 Å². The highest BCUT2D eigenvalue weighted by Gasteiger charge is 2.59. The minimum absolute atomic E-state index is 0.0288. The molecule has 3 nitrogen and oxygen atoms in total. The number of rotatable bonds is 2. The van der Waals surface area contributed by atoms with Gasteiger partial charge in [-0.2, -0.15) is 13.2 Å². The Hall–Kier alpha value is -1.08. The number of imidazole rings is 1. The molecule has 1 fully saturated rings. The van der Waals surface area contributed by atoms with Crippen molar-refractivity contribution in [2.75, 3.05) is 13.1 Å². The van der Waals surface area contributed by atoms with E-state index in [0.29, 0.717) is 18.6 Å². The Morgan fingerprint density at radius 3 is 2.76 bits per heavy atom. The van der Waals surface area contributed by atoms with Crippen LogP contribution in [0, 0.1) is 0 Å². The van der Waals surface area contributed by atoms with E-state index in [1.165, 1.54) is 0 Å². The van der Waals surface area contributed by atoms with Gasteiger partial charge in [-0.15, -0.1) is 0 Å². The summed E-state index contributed by atoms with van der Waals surface area (Å²) in [5.41, 5.74) is -0.558. The summed E-state index contributed by atoms with van der Waals surface area (Å²) in [6, 6.07) is 5.40. The van der Waals surface area contributed by atoms with Crippen LogP contribution in [0.5, 0.6) is 0 Å². The highest BCUT2D eigenvalue weighted by atomic mass is 79.9. The molecule has 0 bridgehead atoms. The van der Waals surface area contributed by atoms with Crippen LogP contribution in [0.4, 0.5) is 13.2 Å². The predicted molar refractivity (Wildman–Crippen MR) is 78.3 cm³/mol. The summed E-state index contributed by atoms with van der Waals surface area (Å²) >= 11 is 3.34. The number of fused-ring (bicyclic) bond motifs is 1. The van der Waals surface area contributed by atoms with Gasteiger partial charge in [-0.25, -0.2) is 4.98 Å². The Bertz CT molecular complexity index is 672. The van der Waals surface area contributed by atoms with Crippen molar-refractivity contribution in [3.63, 3.8) is 0 Å². The summed E-state index contributed by atoms with van der Waals surface area (Å²) in [7, 11) is 0. The zero-order valence-corrected chi connectivity index (χ0v) is 13.1. The third-order valence-electron chi connectivity index (χ3n) is 4.15. The second kappa shape index (κ2) is 4.98. The van der Waals surface area contributed by atoms with E-state index in [-0.39, 0.29) is 18.8 Å². The molecule has 3 rings (SSSR count). The molecule has 1 N–H and O–H groups in total. The summed E-state index contributed by atoms with van der Waals surface area (Å²) < 4.78 is 43.7. The molecule has 1 aliphatic heterocycles. The van der Waals surface area contributed by atoms with E-state index in [9.17, 15) is 13.2 Å². The summed E-state index contributed by atoms with van der Waals surface area (Å²) in [4.78, 5) is 4.34. The second-order valence-electron chi connectivity index (χ2n) is 5.32. The number of halogens is 4. The Morgan fingerprint density at radius 1 is 1.43 bits per heavy atom. The average molecular weight is 362 g/mol. The second-order valence-corrected chi connectivity index (χ2v) is 6.24. The molecule has 1 aromatic heterocycles. The van der Waals surface area contributed by atoms with Crippen LogP contribution in [0.3, 0.4) is 0 Å². The Kier molecular flexibility index (Phi) is 3.52. The zero-order valence-electron chi connectivity index (χ0n) is 11.5. The van der Waals surface area contributed by atoms with Gasteiger partial charge in [0.15, 0.2) is 0 Å². The molecule has 0 saturated carbocycles. The molecule has 1 unspecified atom stereocenters. The van der Waals surface area contributed by atoms with E-state index in [2.05, 4.69) is 26.2 Å². The fourth-order valence-electron chi connectivity index (χ4n) is 3.04. The number of nitrogens with one attached hydrogen (secondary N) is 1. The molecule has 1 aromatic carbocycles. The van der Waals surface area contributed by atoms with Gasteiger partial charge in [-0.1, -0.05) is 15.9 Å². The molecule has 1 saturated heterocycles. The van der Waals surface area contributed by atoms with Gasteiger partial charge in [0.05, 0.1) is 11.0 Å². The van der Waals surface area contributed by atoms with Crippen LogP contribution >= 0.6 is 15.9 Å². The van der Waals surface area contributed by atoms with Crippen molar-refractivity contribution >= 4 is 27.0 Å². The van der Waals surface area contributed by atoms with Gasteiger partial charge >= 0.3 is 6.18 Å². The molecule has 2 aromatic rings. The minimum atomic E-state index is -4.32. The van der Waals surface area contributed by atoms with Gasteiger partial charge in [-0.05, 0) is 38.1 Å². The molecule has 1 aliphatic rings. The molecule has 7 heteroatoms. The van der Waals surface area contributed by atoms with Crippen molar-refractivity contribution < 1.29 is 13.2 Å². The lowest BCUT2D eigenvalue weighted by Gasteiger charge is -2.30. The maximum Gasteiger partial charge on any atom is 0.402 e. The Labute approximate surface area is 128 Å². The Morgan fingerprint density at radius 2 is 2.19 bits per heavy atom. The third kappa shape index (κ3) is 2.17. The molecule has 114 valence electrons. The highest BCUT2D eigenvalue weighted by Crippen LogP contribution is 2.45. The van der Waals surface area contributed by atoms with Crippen molar-refractivity contribution in [3.8, 4) is 0 Å². The van der Waals surface area contributed by atoms with Crippen molar-refractivity contribution in [1.29, 1.82) is 0 Å².